The highest BCUT2D eigenvalue weighted by Gasteiger charge is 2.33. The third-order valence-corrected chi connectivity index (χ3v) is 4.73. The summed E-state index contributed by atoms with van der Waals surface area (Å²) in [5.74, 6) is 1.55. The van der Waals surface area contributed by atoms with Gasteiger partial charge in [0.25, 0.3) is 0 Å². The van der Waals surface area contributed by atoms with Crippen LogP contribution in [-0.2, 0) is 11.8 Å². The molecule has 21 heavy (non-hydrogen) atoms. The zero-order valence-electron chi connectivity index (χ0n) is 12.9. The molecule has 2 aliphatic rings. The first-order valence-electron chi connectivity index (χ1n) is 7.78. The summed E-state index contributed by atoms with van der Waals surface area (Å²) in [6.45, 7) is 2.49. The molecule has 5 nitrogen and oxygen atoms in total. The van der Waals surface area contributed by atoms with Crippen molar-refractivity contribution in [1.29, 1.82) is 0 Å². The SMILES string of the molecule is CN1CCN(C(=O)[C@@H]2CC=CCC2)C[C@H]1c1nccn1C. The number of imidazole rings is 1. The first kappa shape index (κ1) is 14.3. The van der Waals surface area contributed by atoms with Crippen LogP contribution in [0.5, 0.6) is 0 Å². The second kappa shape index (κ2) is 6.02. The highest BCUT2D eigenvalue weighted by molar-refractivity contribution is 5.79. The van der Waals surface area contributed by atoms with Gasteiger partial charge in [-0.2, -0.15) is 0 Å². The lowest BCUT2D eigenvalue weighted by atomic mass is 9.92. The van der Waals surface area contributed by atoms with Gasteiger partial charge in [0.1, 0.15) is 5.82 Å². The lowest BCUT2D eigenvalue weighted by molar-refractivity contribution is -0.138. The molecule has 0 radical (unpaired) electrons. The van der Waals surface area contributed by atoms with Gasteiger partial charge >= 0.3 is 0 Å². The number of piperazine rings is 1. The van der Waals surface area contributed by atoms with Crippen LogP contribution in [0.3, 0.4) is 0 Å². The summed E-state index contributed by atoms with van der Waals surface area (Å²) in [6.07, 6.45) is 11.1. The zero-order chi connectivity index (χ0) is 14.8. The van der Waals surface area contributed by atoms with Crippen molar-refractivity contribution in [3.05, 3.63) is 30.4 Å². The lowest BCUT2D eigenvalue weighted by Crippen LogP contribution is -2.51. The van der Waals surface area contributed by atoms with Crippen LogP contribution in [0, 0.1) is 5.92 Å². The van der Waals surface area contributed by atoms with E-state index in [9.17, 15) is 4.79 Å². The molecule has 1 amide bonds. The van der Waals surface area contributed by atoms with Gasteiger partial charge in [0.15, 0.2) is 0 Å². The smallest absolute Gasteiger partial charge is 0.226 e. The van der Waals surface area contributed by atoms with Gasteiger partial charge < -0.3 is 9.47 Å². The van der Waals surface area contributed by atoms with Crippen molar-refractivity contribution in [1.82, 2.24) is 19.4 Å². The molecule has 2 atom stereocenters. The monoisotopic (exact) mass is 288 g/mol. The molecule has 1 aromatic rings. The number of likely N-dealkylation sites (N-methyl/N-ethyl adjacent to an activating group) is 1. The predicted octanol–water partition coefficient (Wildman–Crippen LogP) is 1.59. The molecule has 5 heteroatoms. The normalized spacial score (nSPS) is 27.0. The number of allylic oxidation sites excluding steroid dienone is 2. The second-order valence-electron chi connectivity index (χ2n) is 6.16. The Hall–Kier alpha value is -1.62. The molecule has 1 aliphatic heterocycles. The van der Waals surface area contributed by atoms with Crippen molar-refractivity contribution >= 4 is 5.91 Å². The molecule has 0 unspecified atom stereocenters. The summed E-state index contributed by atoms with van der Waals surface area (Å²) in [5, 5.41) is 0. The fourth-order valence-corrected chi connectivity index (χ4v) is 3.33. The van der Waals surface area contributed by atoms with Crippen LogP contribution in [0.4, 0.5) is 0 Å². The number of carbonyl (C=O) groups excluding carboxylic acids is 1. The first-order valence-corrected chi connectivity index (χ1v) is 7.78. The van der Waals surface area contributed by atoms with E-state index >= 15 is 0 Å². The summed E-state index contributed by atoms with van der Waals surface area (Å²) in [4.78, 5) is 21.5. The van der Waals surface area contributed by atoms with Gasteiger partial charge in [0.2, 0.25) is 5.91 Å². The number of rotatable bonds is 2. The van der Waals surface area contributed by atoms with E-state index in [2.05, 4.69) is 33.7 Å². The number of carbonyl (C=O) groups is 1. The number of amides is 1. The van der Waals surface area contributed by atoms with Crippen LogP contribution in [0.25, 0.3) is 0 Å². The summed E-state index contributed by atoms with van der Waals surface area (Å²) in [7, 11) is 4.13. The maximum Gasteiger partial charge on any atom is 0.226 e. The lowest BCUT2D eigenvalue weighted by Gasteiger charge is -2.40. The number of aryl methyl sites for hydroxylation is 1. The first-order chi connectivity index (χ1) is 10.2. The molecular formula is C16H24N4O. The van der Waals surface area contributed by atoms with Crippen molar-refractivity contribution in [2.24, 2.45) is 13.0 Å². The number of nitrogens with zero attached hydrogens (tertiary/aromatic N) is 4. The average molecular weight is 288 g/mol. The molecule has 3 rings (SSSR count). The van der Waals surface area contributed by atoms with Crippen LogP contribution in [0.15, 0.2) is 24.5 Å². The zero-order valence-corrected chi connectivity index (χ0v) is 12.9. The Bertz CT molecular complexity index is 536. The molecule has 2 heterocycles. The summed E-state index contributed by atoms with van der Waals surface area (Å²) < 4.78 is 2.05. The van der Waals surface area contributed by atoms with Crippen LogP contribution in [-0.4, -0.2) is 51.9 Å². The Morgan fingerprint density at radius 1 is 1.29 bits per heavy atom. The molecule has 0 bridgehead atoms. The predicted molar refractivity (Wildman–Crippen MR) is 81.6 cm³/mol. The molecular weight excluding hydrogens is 264 g/mol. The van der Waals surface area contributed by atoms with Gasteiger partial charge in [0.05, 0.1) is 6.04 Å². The topological polar surface area (TPSA) is 41.4 Å². The highest BCUT2D eigenvalue weighted by atomic mass is 16.2. The fourth-order valence-electron chi connectivity index (χ4n) is 3.33. The second-order valence-corrected chi connectivity index (χ2v) is 6.16. The summed E-state index contributed by atoms with van der Waals surface area (Å²) >= 11 is 0. The Kier molecular flexibility index (Phi) is 4.10. The quantitative estimate of drug-likeness (QED) is 0.776. The molecule has 1 saturated heterocycles. The summed E-state index contributed by atoms with van der Waals surface area (Å²) in [5.41, 5.74) is 0. The minimum atomic E-state index is 0.181. The average Bonchev–Trinajstić information content (AvgIpc) is 2.94. The van der Waals surface area contributed by atoms with Crippen molar-refractivity contribution in [2.75, 3.05) is 26.7 Å². The van der Waals surface area contributed by atoms with E-state index in [1.54, 1.807) is 0 Å². The Balaban J connectivity index is 1.72. The Labute approximate surface area is 126 Å². The van der Waals surface area contributed by atoms with Crippen LogP contribution >= 0.6 is 0 Å². The Morgan fingerprint density at radius 3 is 2.81 bits per heavy atom. The molecule has 114 valence electrons. The van der Waals surface area contributed by atoms with Gasteiger partial charge in [-0.15, -0.1) is 0 Å². The summed E-state index contributed by atoms with van der Waals surface area (Å²) in [6, 6.07) is 0.196. The van der Waals surface area contributed by atoms with Crippen molar-refractivity contribution < 1.29 is 4.79 Å². The largest absolute Gasteiger partial charge is 0.339 e. The minimum absolute atomic E-state index is 0.181. The van der Waals surface area contributed by atoms with E-state index in [1.807, 2.05) is 24.3 Å². The van der Waals surface area contributed by atoms with Crippen molar-refractivity contribution in [2.45, 2.75) is 25.3 Å². The van der Waals surface area contributed by atoms with Gasteiger partial charge in [-0.1, -0.05) is 12.2 Å². The van der Waals surface area contributed by atoms with E-state index in [0.29, 0.717) is 5.91 Å². The standard InChI is InChI=1S/C16H24N4O/c1-18-10-11-20(16(21)13-6-4-3-5-7-13)12-14(18)15-17-8-9-19(15)2/h3-4,8-9,13-14H,5-7,10-12H2,1-2H3/t13-,14+/m1/s1. The van der Waals surface area contributed by atoms with Gasteiger partial charge in [0, 0.05) is 45.0 Å². The molecule has 0 spiro atoms. The molecule has 0 aromatic carbocycles. The Morgan fingerprint density at radius 2 is 2.14 bits per heavy atom. The minimum Gasteiger partial charge on any atom is -0.339 e. The third kappa shape index (κ3) is 2.88. The van der Waals surface area contributed by atoms with Crippen molar-refractivity contribution in [3.8, 4) is 0 Å². The van der Waals surface area contributed by atoms with Crippen LogP contribution < -0.4 is 0 Å². The van der Waals surface area contributed by atoms with Crippen molar-refractivity contribution in [3.63, 3.8) is 0 Å². The van der Waals surface area contributed by atoms with Gasteiger partial charge in [-0.25, -0.2) is 4.98 Å². The van der Waals surface area contributed by atoms with Crippen LogP contribution in [0.2, 0.25) is 0 Å². The molecule has 0 saturated carbocycles. The number of hydrogen-bond donors (Lipinski definition) is 0. The third-order valence-electron chi connectivity index (χ3n) is 4.73. The maximum absolute atomic E-state index is 12.7. The van der Waals surface area contributed by atoms with E-state index < -0.39 is 0 Å². The highest BCUT2D eigenvalue weighted by Crippen LogP contribution is 2.26. The molecule has 0 N–H and O–H groups in total. The van der Waals surface area contributed by atoms with Gasteiger partial charge in [-0.05, 0) is 26.3 Å². The van der Waals surface area contributed by atoms with Gasteiger partial charge in [-0.3, -0.25) is 9.69 Å². The molecule has 1 aliphatic carbocycles. The van der Waals surface area contributed by atoms with Crippen LogP contribution in [0.1, 0.15) is 31.1 Å². The van der Waals surface area contributed by atoms with E-state index in [0.717, 1.165) is 44.7 Å². The van der Waals surface area contributed by atoms with E-state index in [1.165, 1.54) is 0 Å². The number of aromatic nitrogens is 2. The molecule has 1 fully saturated rings. The van der Waals surface area contributed by atoms with E-state index in [4.69, 9.17) is 0 Å². The maximum atomic E-state index is 12.7. The molecule has 1 aromatic heterocycles. The fraction of sp³-hybridized carbons (Fsp3) is 0.625. The van der Waals surface area contributed by atoms with E-state index in [-0.39, 0.29) is 12.0 Å². The number of hydrogen-bond acceptors (Lipinski definition) is 3.